The monoisotopic (exact) mass is 1160 g/mol. The lowest BCUT2D eigenvalue weighted by Crippen LogP contribution is -2.56. The van der Waals surface area contributed by atoms with Crippen molar-refractivity contribution in [3.05, 3.63) is 42.9 Å². The van der Waals surface area contributed by atoms with Crippen molar-refractivity contribution in [1.82, 2.24) is 40.2 Å². The zero-order chi connectivity index (χ0) is 57.9. The molecule has 0 unspecified atom stereocenters. The standard InChI is InChI=1S/C52H76N10O20/c1-69-49-53-38-43(39-54-49)61-48(66)52(56-51(61)68)8-10-59(11-9-52)50(67)55-42-4-2-3-41(37-42)44-40-60(58-57-44)12-14-71-16-18-73-20-22-75-24-26-77-28-30-79-32-34-81-36-35-80-33-31-78-29-27-76-25-23-74-21-19-72-17-15-70-13-7-47(65)82-62-45(63)5-6-46(62)64/h2-4,37-40H,5-36H2,1H3,(H,55,67)(H,56,68). The number of hydrogen-bond acceptors (Lipinski definition) is 24. The normalized spacial score (nSPS) is 15.1. The van der Waals surface area contributed by atoms with Crippen LogP contribution in [0.1, 0.15) is 32.1 Å². The van der Waals surface area contributed by atoms with E-state index in [9.17, 15) is 28.8 Å². The van der Waals surface area contributed by atoms with E-state index in [1.54, 1.807) is 21.8 Å². The van der Waals surface area contributed by atoms with Crippen LogP contribution in [0.2, 0.25) is 0 Å². The number of aromatic nitrogens is 5. The smallest absolute Gasteiger partial charge is 0.335 e. The summed E-state index contributed by atoms with van der Waals surface area (Å²) in [5.74, 6) is -2.16. The molecule has 30 nitrogen and oxygen atoms in total. The first-order chi connectivity index (χ1) is 40.2. The number of benzene rings is 1. The van der Waals surface area contributed by atoms with E-state index in [4.69, 9.17) is 66.4 Å². The van der Waals surface area contributed by atoms with Crippen molar-refractivity contribution in [2.45, 2.75) is 44.2 Å². The number of ether oxygens (including phenoxy) is 13. The highest BCUT2D eigenvalue weighted by Crippen LogP contribution is 2.33. The molecule has 82 heavy (non-hydrogen) atoms. The van der Waals surface area contributed by atoms with Crippen LogP contribution in [-0.4, -0.2) is 255 Å². The molecular formula is C52H76N10O20. The van der Waals surface area contributed by atoms with Crippen LogP contribution >= 0.6 is 0 Å². The molecule has 454 valence electrons. The number of anilines is 2. The van der Waals surface area contributed by atoms with Gasteiger partial charge in [0.15, 0.2) is 0 Å². The Morgan fingerprint density at radius 1 is 0.610 bits per heavy atom. The summed E-state index contributed by atoms with van der Waals surface area (Å²) in [7, 11) is 1.42. The number of amides is 7. The molecule has 2 N–H and O–H groups in total. The summed E-state index contributed by atoms with van der Waals surface area (Å²) in [6, 6.07) is 6.50. The van der Waals surface area contributed by atoms with Gasteiger partial charge in [-0.05, 0) is 25.0 Å². The number of urea groups is 2. The molecule has 0 bridgehead atoms. The Morgan fingerprint density at radius 2 is 1.06 bits per heavy atom. The number of carbonyl (C=O) groups excluding carboxylic acids is 6. The van der Waals surface area contributed by atoms with Gasteiger partial charge in [-0.1, -0.05) is 17.3 Å². The molecule has 3 aliphatic heterocycles. The molecule has 0 aliphatic carbocycles. The van der Waals surface area contributed by atoms with E-state index in [1.165, 1.54) is 19.5 Å². The number of methoxy groups -OCH3 is 1. The van der Waals surface area contributed by atoms with Gasteiger partial charge in [-0.25, -0.2) is 33.9 Å². The van der Waals surface area contributed by atoms with E-state index < -0.39 is 35.3 Å². The quantitative estimate of drug-likeness (QED) is 0.0454. The fourth-order valence-corrected chi connectivity index (χ4v) is 7.95. The fraction of sp³-hybridized carbons (Fsp3) is 0.654. The van der Waals surface area contributed by atoms with Gasteiger partial charge in [0.25, 0.3) is 17.7 Å². The molecule has 7 amide bonds. The molecule has 2 aromatic heterocycles. The molecule has 1 aromatic carbocycles. The van der Waals surface area contributed by atoms with Gasteiger partial charge in [0.1, 0.15) is 11.2 Å². The van der Waals surface area contributed by atoms with Gasteiger partial charge in [-0.15, -0.1) is 10.2 Å². The van der Waals surface area contributed by atoms with E-state index in [0.717, 1.165) is 10.5 Å². The van der Waals surface area contributed by atoms with Gasteiger partial charge in [0.05, 0.1) is 203 Å². The molecule has 0 radical (unpaired) electrons. The van der Waals surface area contributed by atoms with Crippen LogP contribution in [0.5, 0.6) is 6.01 Å². The van der Waals surface area contributed by atoms with Gasteiger partial charge in [0.2, 0.25) is 0 Å². The van der Waals surface area contributed by atoms with E-state index in [-0.39, 0.29) is 76.1 Å². The molecule has 3 fully saturated rings. The summed E-state index contributed by atoms with van der Waals surface area (Å²) in [6.07, 6.45) is 5.01. The van der Waals surface area contributed by atoms with Crippen LogP contribution in [-0.2, 0) is 87.4 Å². The van der Waals surface area contributed by atoms with Crippen molar-refractivity contribution in [2.75, 3.05) is 189 Å². The van der Waals surface area contributed by atoms with E-state index in [2.05, 4.69) is 30.9 Å². The number of piperidine rings is 1. The van der Waals surface area contributed by atoms with Crippen LogP contribution in [0, 0.1) is 0 Å². The van der Waals surface area contributed by atoms with Gasteiger partial charge < -0.3 is 82.0 Å². The number of likely N-dealkylation sites (tertiary alicyclic amines) is 1. The minimum Gasteiger partial charge on any atom is -0.467 e. The molecule has 3 saturated heterocycles. The third kappa shape index (κ3) is 23.1. The zero-order valence-corrected chi connectivity index (χ0v) is 46.4. The highest BCUT2D eigenvalue weighted by molar-refractivity contribution is 6.23. The fourth-order valence-electron chi connectivity index (χ4n) is 7.95. The van der Waals surface area contributed by atoms with Crippen molar-refractivity contribution in [3.8, 4) is 17.3 Å². The molecule has 3 aliphatic rings. The first-order valence-electron chi connectivity index (χ1n) is 27.2. The lowest BCUT2D eigenvalue weighted by molar-refractivity contribution is -0.198. The Labute approximate surface area is 474 Å². The number of carbonyl (C=O) groups is 6. The van der Waals surface area contributed by atoms with Crippen LogP contribution < -0.4 is 20.3 Å². The molecule has 3 aromatic rings. The lowest BCUT2D eigenvalue weighted by Gasteiger charge is -2.37. The van der Waals surface area contributed by atoms with Gasteiger partial charge >= 0.3 is 24.0 Å². The molecule has 1 spiro atoms. The number of imide groups is 2. The lowest BCUT2D eigenvalue weighted by atomic mass is 9.87. The topological polar surface area (TPSA) is 322 Å². The Hall–Kier alpha value is -6.42. The van der Waals surface area contributed by atoms with E-state index in [1.807, 2.05) is 18.2 Å². The molecule has 30 heteroatoms. The third-order valence-corrected chi connectivity index (χ3v) is 12.3. The van der Waals surface area contributed by atoms with E-state index in [0.29, 0.717) is 168 Å². The number of rotatable bonds is 44. The zero-order valence-electron chi connectivity index (χ0n) is 46.4. The average molecular weight is 1160 g/mol. The van der Waals surface area contributed by atoms with Crippen LogP contribution in [0.15, 0.2) is 42.9 Å². The minimum absolute atomic E-state index is 0.0484. The highest BCUT2D eigenvalue weighted by atomic mass is 16.7. The second kappa shape index (κ2) is 37.6. The van der Waals surface area contributed by atoms with Crippen molar-refractivity contribution in [1.29, 1.82) is 0 Å². The Bertz CT molecular complexity index is 2360. The maximum atomic E-state index is 13.4. The molecule has 6 rings (SSSR count). The SMILES string of the molecule is COc1ncc(N2C(=O)NC3(CCN(C(=O)Nc4cccc(-c5cn(CCOCCOCCOCCOCCOCCOCCOCCOCCOCCOCCOCCOCCC(=O)ON6C(=O)CCC6=O)nn5)c4)CC3)C2=O)cn1. The van der Waals surface area contributed by atoms with Gasteiger partial charge in [-0.3, -0.25) is 14.4 Å². The second-order valence-corrected chi connectivity index (χ2v) is 18.1. The van der Waals surface area contributed by atoms with Gasteiger partial charge in [0, 0.05) is 37.2 Å². The van der Waals surface area contributed by atoms with Crippen LogP contribution in [0.4, 0.5) is 21.0 Å². The van der Waals surface area contributed by atoms with Crippen LogP contribution in [0.25, 0.3) is 11.3 Å². The second-order valence-electron chi connectivity index (χ2n) is 18.1. The molecule has 5 heterocycles. The van der Waals surface area contributed by atoms with Gasteiger partial charge in [-0.2, -0.15) is 0 Å². The molecular weight excluding hydrogens is 1080 g/mol. The van der Waals surface area contributed by atoms with Crippen molar-refractivity contribution in [2.24, 2.45) is 0 Å². The summed E-state index contributed by atoms with van der Waals surface area (Å²) in [5, 5.41) is 14.8. The van der Waals surface area contributed by atoms with Crippen LogP contribution in [0.3, 0.4) is 0 Å². The Kier molecular flexibility index (Phi) is 29.7. The summed E-state index contributed by atoms with van der Waals surface area (Å²) >= 11 is 0. The summed E-state index contributed by atoms with van der Waals surface area (Å²) in [6.45, 7) is 10.7. The first-order valence-corrected chi connectivity index (χ1v) is 27.2. The highest BCUT2D eigenvalue weighted by Gasteiger charge is 2.53. The largest absolute Gasteiger partial charge is 0.467 e. The predicted molar refractivity (Wildman–Crippen MR) is 284 cm³/mol. The Morgan fingerprint density at radius 3 is 1.52 bits per heavy atom. The number of hydrogen-bond donors (Lipinski definition) is 2. The molecule has 0 atom stereocenters. The summed E-state index contributed by atoms with van der Waals surface area (Å²) < 4.78 is 72.7. The molecule has 0 saturated carbocycles. The average Bonchev–Trinajstić information content (AvgIpc) is 4.38. The Balaban J connectivity index is 0.630. The predicted octanol–water partition coefficient (Wildman–Crippen LogP) is 1.06. The number of nitrogens with zero attached hydrogens (tertiary/aromatic N) is 8. The summed E-state index contributed by atoms with van der Waals surface area (Å²) in [4.78, 5) is 89.5. The number of nitrogens with one attached hydrogen (secondary N) is 2. The van der Waals surface area contributed by atoms with Crippen molar-refractivity contribution >= 4 is 47.1 Å². The van der Waals surface area contributed by atoms with Crippen molar-refractivity contribution in [3.63, 3.8) is 0 Å². The first kappa shape index (κ1) is 64.7. The summed E-state index contributed by atoms with van der Waals surface area (Å²) in [5.41, 5.74) is 1.07. The van der Waals surface area contributed by atoms with Crippen molar-refractivity contribution < 1.29 is 95.2 Å². The third-order valence-electron chi connectivity index (χ3n) is 12.3. The minimum atomic E-state index is -1.12. The maximum Gasteiger partial charge on any atom is 0.335 e. The number of hydroxylamine groups is 2. The maximum absolute atomic E-state index is 13.4. The van der Waals surface area contributed by atoms with E-state index >= 15 is 0 Å².